The summed E-state index contributed by atoms with van der Waals surface area (Å²) in [5.74, 6) is 0.238. The molecular formula is C22H22FN3O. The molecule has 1 aromatic heterocycles. The summed E-state index contributed by atoms with van der Waals surface area (Å²) in [6.45, 7) is 5.97. The first-order valence-electron chi connectivity index (χ1n) is 9.18. The molecule has 0 unspecified atom stereocenters. The molecule has 0 N–H and O–H groups in total. The van der Waals surface area contributed by atoms with Crippen LogP contribution in [-0.2, 0) is 19.6 Å². The number of nitrogens with zero attached hydrogens (tertiary/aromatic N) is 3. The maximum atomic E-state index is 13.1. The summed E-state index contributed by atoms with van der Waals surface area (Å²) >= 11 is 0. The van der Waals surface area contributed by atoms with E-state index in [9.17, 15) is 9.18 Å². The normalized spacial score (nSPS) is 13.3. The molecule has 0 fully saturated rings. The molecule has 27 heavy (non-hydrogen) atoms. The van der Waals surface area contributed by atoms with Gasteiger partial charge in [0.05, 0.1) is 25.0 Å². The molecule has 3 aromatic rings. The van der Waals surface area contributed by atoms with Crippen molar-refractivity contribution in [3.05, 3.63) is 88.5 Å². The first-order chi connectivity index (χ1) is 13.0. The predicted octanol–water partition coefficient (Wildman–Crippen LogP) is 4.35. The van der Waals surface area contributed by atoms with Gasteiger partial charge in [-0.2, -0.15) is 5.10 Å². The number of rotatable bonds is 4. The highest BCUT2D eigenvalue weighted by molar-refractivity contribution is 5.94. The molecular weight excluding hydrogens is 341 g/mol. The van der Waals surface area contributed by atoms with Gasteiger partial charge in [-0.15, -0.1) is 0 Å². The van der Waals surface area contributed by atoms with E-state index in [2.05, 4.69) is 18.9 Å². The average Bonchev–Trinajstić information content (AvgIpc) is 3.25. The smallest absolute Gasteiger partial charge is 0.254 e. The number of halogens is 1. The van der Waals surface area contributed by atoms with Gasteiger partial charge in [0.1, 0.15) is 5.82 Å². The minimum Gasteiger partial charge on any atom is -0.328 e. The Bertz CT molecular complexity index is 958. The third-order valence-electron chi connectivity index (χ3n) is 5.09. The van der Waals surface area contributed by atoms with Crippen LogP contribution in [0, 0.1) is 5.82 Å². The summed E-state index contributed by atoms with van der Waals surface area (Å²) in [4.78, 5) is 14.7. The summed E-state index contributed by atoms with van der Waals surface area (Å²) in [5.41, 5.74) is 5.04. The van der Waals surface area contributed by atoms with Gasteiger partial charge in [0, 0.05) is 17.7 Å². The molecule has 138 valence electrons. The van der Waals surface area contributed by atoms with Crippen LogP contribution in [0.1, 0.15) is 52.5 Å². The van der Waals surface area contributed by atoms with E-state index in [4.69, 9.17) is 0 Å². The van der Waals surface area contributed by atoms with E-state index >= 15 is 0 Å². The number of benzene rings is 2. The van der Waals surface area contributed by atoms with Crippen molar-refractivity contribution in [3.63, 3.8) is 0 Å². The molecule has 5 heteroatoms. The van der Waals surface area contributed by atoms with Crippen LogP contribution < -0.4 is 0 Å². The van der Waals surface area contributed by atoms with E-state index in [1.807, 2.05) is 40.0 Å². The van der Waals surface area contributed by atoms with Gasteiger partial charge in [-0.05, 0) is 41.3 Å². The maximum absolute atomic E-state index is 13.1. The molecule has 1 aliphatic heterocycles. The Morgan fingerprint density at radius 2 is 1.78 bits per heavy atom. The number of carbonyl (C=O) groups excluding carboxylic acids is 1. The van der Waals surface area contributed by atoms with E-state index in [0.717, 1.165) is 16.8 Å². The topological polar surface area (TPSA) is 38.1 Å². The van der Waals surface area contributed by atoms with Crippen LogP contribution in [0.25, 0.3) is 0 Å². The maximum Gasteiger partial charge on any atom is 0.254 e. The van der Waals surface area contributed by atoms with Crippen LogP contribution >= 0.6 is 0 Å². The SMILES string of the molecule is CC(C)c1ccc(C(=O)N2Cc3cnn(Cc4ccc(F)cc4)c3C2)cc1. The third-order valence-corrected chi connectivity index (χ3v) is 5.09. The fourth-order valence-electron chi connectivity index (χ4n) is 3.44. The summed E-state index contributed by atoms with van der Waals surface area (Å²) in [6.07, 6.45) is 1.83. The minimum atomic E-state index is -0.246. The highest BCUT2D eigenvalue weighted by atomic mass is 19.1. The summed E-state index contributed by atoms with van der Waals surface area (Å²) in [5, 5.41) is 4.44. The summed E-state index contributed by atoms with van der Waals surface area (Å²) in [6, 6.07) is 14.3. The lowest BCUT2D eigenvalue weighted by Crippen LogP contribution is -2.26. The zero-order valence-corrected chi connectivity index (χ0v) is 15.5. The van der Waals surface area contributed by atoms with Crippen LogP contribution in [0.5, 0.6) is 0 Å². The van der Waals surface area contributed by atoms with Crippen LogP contribution in [0.4, 0.5) is 4.39 Å². The molecule has 0 atom stereocenters. The van der Waals surface area contributed by atoms with E-state index in [1.54, 1.807) is 12.1 Å². The Balaban J connectivity index is 1.48. The van der Waals surface area contributed by atoms with Crippen molar-refractivity contribution in [2.45, 2.75) is 39.4 Å². The molecule has 4 rings (SSSR count). The van der Waals surface area contributed by atoms with Gasteiger partial charge in [0.2, 0.25) is 0 Å². The monoisotopic (exact) mass is 363 g/mol. The van der Waals surface area contributed by atoms with Gasteiger partial charge in [0.15, 0.2) is 0 Å². The Kier molecular flexibility index (Phi) is 4.52. The van der Waals surface area contributed by atoms with Crippen LogP contribution in [0.15, 0.2) is 54.7 Å². The Morgan fingerprint density at radius 3 is 2.44 bits per heavy atom. The van der Waals surface area contributed by atoms with Crippen molar-refractivity contribution < 1.29 is 9.18 Å². The van der Waals surface area contributed by atoms with Crippen molar-refractivity contribution in [2.75, 3.05) is 0 Å². The number of fused-ring (bicyclic) bond motifs is 1. The first kappa shape index (κ1) is 17.5. The van der Waals surface area contributed by atoms with Gasteiger partial charge in [0.25, 0.3) is 5.91 Å². The van der Waals surface area contributed by atoms with Gasteiger partial charge in [-0.25, -0.2) is 4.39 Å². The van der Waals surface area contributed by atoms with Crippen molar-refractivity contribution in [1.29, 1.82) is 0 Å². The average molecular weight is 363 g/mol. The Hall–Kier alpha value is -2.95. The fraction of sp³-hybridized carbons (Fsp3) is 0.273. The van der Waals surface area contributed by atoms with E-state index in [1.165, 1.54) is 17.7 Å². The second kappa shape index (κ2) is 6.99. The zero-order chi connectivity index (χ0) is 19.0. The number of hydrogen-bond acceptors (Lipinski definition) is 2. The first-order valence-corrected chi connectivity index (χ1v) is 9.18. The standard InChI is InChI=1S/C22H22FN3O/c1-15(2)17-5-7-18(8-6-17)22(27)25-13-19-11-24-26(21(19)14-25)12-16-3-9-20(23)10-4-16/h3-11,15H,12-14H2,1-2H3. The second-order valence-electron chi connectivity index (χ2n) is 7.34. The largest absolute Gasteiger partial charge is 0.328 e. The highest BCUT2D eigenvalue weighted by Crippen LogP contribution is 2.25. The molecule has 2 heterocycles. The molecule has 0 bridgehead atoms. The molecule has 0 radical (unpaired) electrons. The van der Waals surface area contributed by atoms with Crippen molar-refractivity contribution in [3.8, 4) is 0 Å². The van der Waals surface area contributed by atoms with E-state index in [-0.39, 0.29) is 11.7 Å². The second-order valence-corrected chi connectivity index (χ2v) is 7.34. The Morgan fingerprint density at radius 1 is 1.07 bits per heavy atom. The molecule has 0 saturated heterocycles. The molecule has 1 amide bonds. The number of amides is 1. The molecule has 0 aliphatic carbocycles. The van der Waals surface area contributed by atoms with Gasteiger partial charge in [-0.3, -0.25) is 9.48 Å². The fourth-order valence-corrected chi connectivity index (χ4v) is 3.44. The van der Waals surface area contributed by atoms with Crippen molar-refractivity contribution >= 4 is 5.91 Å². The molecule has 0 spiro atoms. The van der Waals surface area contributed by atoms with E-state index in [0.29, 0.717) is 31.1 Å². The Labute approximate surface area is 158 Å². The molecule has 0 saturated carbocycles. The van der Waals surface area contributed by atoms with Crippen molar-refractivity contribution in [1.82, 2.24) is 14.7 Å². The van der Waals surface area contributed by atoms with Gasteiger partial charge < -0.3 is 4.90 Å². The molecule has 2 aromatic carbocycles. The molecule has 1 aliphatic rings. The van der Waals surface area contributed by atoms with Gasteiger partial charge >= 0.3 is 0 Å². The molecule has 4 nitrogen and oxygen atoms in total. The van der Waals surface area contributed by atoms with Gasteiger partial charge in [-0.1, -0.05) is 38.1 Å². The van der Waals surface area contributed by atoms with Crippen molar-refractivity contribution in [2.24, 2.45) is 0 Å². The lowest BCUT2D eigenvalue weighted by Gasteiger charge is -2.17. The summed E-state index contributed by atoms with van der Waals surface area (Å²) < 4.78 is 15.0. The number of aromatic nitrogens is 2. The quantitative estimate of drug-likeness (QED) is 0.691. The lowest BCUT2D eigenvalue weighted by molar-refractivity contribution is 0.0748. The van der Waals surface area contributed by atoms with Crippen LogP contribution in [-0.4, -0.2) is 20.6 Å². The minimum absolute atomic E-state index is 0.0369. The number of carbonyl (C=O) groups is 1. The van der Waals surface area contributed by atoms with Crippen LogP contribution in [0.2, 0.25) is 0 Å². The zero-order valence-electron chi connectivity index (χ0n) is 15.5. The highest BCUT2D eigenvalue weighted by Gasteiger charge is 2.27. The van der Waals surface area contributed by atoms with E-state index < -0.39 is 0 Å². The lowest BCUT2D eigenvalue weighted by atomic mass is 10.0. The number of hydrogen-bond donors (Lipinski definition) is 0. The van der Waals surface area contributed by atoms with Crippen LogP contribution in [0.3, 0.4) is 0 Å². The third kappa shape index (κ3) is 3.50. The predicted molar refractivity (Wildman–Crippen MR) is 102 cm³/mol. The summed E-state index contributed by atoms with van der Waals surface area (Å²) in [7, 11) is 0.